The van der Waals surface area contributed by atoms with E-state index in [1.165, 1.54) is 0 Å². The van der Waals surface area contributed by atoms with Gasteiger partial charge in [0, 0.05) is 6.42 Å². The standard InChI is InChI=1S/C25H40O8/c1-13(10-20(32-22(28)29)33-23(30)31)16-4-5-17-21-18(7-9-25(16,17)3)24(2)8-6-15(26)11-14(24)12-19(21)27/h13-21,26-27H,4-12H2,1-3H3,(H,28,29)(H,30,31)/t13-,14-,15-,16-,17+,18+,19-,21+,24+,25-/m1/s1. The maximum atomic E-state index is 11.3. The summed E-state index contributed by atoms with van der Waals surface area (Å²) in [4.78, 5) is 22.0. The largest absolute Gasteiger partial charge is 0.508 e. The Bertz CT molecular complexity index is 741. The Morgan fingerprint density at radius 1 is 0.909 bits per heavy atom. The van der Waals surface area contributed by atoms with Crippen LogP contribution in [0.1, 0.15) is 78.6 Å². The van der Waals surface area contributed by atoms with Gasteiger partial charge in [0.2, 0.25) is 0 Å². The number of aliphatic hydroxyl groups excluding tert-OH is 2. The first kappa shape index (κ1) is 24.6. The molecule has 188 valence electrons. The first-order valence-corrected chi connectivity index (χ1v) is 12.6. The van der Waals surface area contributed by atoms with Crippen LogP contribution in [0.25, 0.3) is 0 Å². The molecule has 4 aliphatic carbocycles. The highest BCUT2D eigenvalue weighted by Gasteiger charge is 2.63. The monoisotopic (exact) mass is 468 g/mol. The average Bonchev–Trinajstić information content (AvgIpc) is 3.05. The third kappa shape index (κ3) is 4.33. The van der Waals surface area contributed by atoms with E-state index in [4.69, 9.17) is 19.7 Å². The number of ether oxygens (including phenoxy) is 2. The summed E-state index contributed by atoms with van der Waals surface area (Å²) in [6.45, 7) is 6.74. The van der Waals surface area contributed by atoms with Crippen molar-refractivity contribution in [3.05, 3.63) is 0 Å². The fraction of sp³-hybridized carbons (Fsp3) is 0.920. The van der Waals surface area contributed by atoms with Gasteiger partial charge in [-0.15, -0.1) is 0 Å². The van der Waals surface area contributed by atoms with Crippen molar-refractivity contribution in [3.63, 3.8) is 0 Å². The third-order valence-electron chi connectivity index (χ3n) is 10.4. The number of hydrogen-bond donors (Lipinski definition) is 4. The number of fused-ring (bicyclic) bond motifs is 5. The lowest BCUT2D eigenvalue weighted by atomic mass is 9.43. The van der Waals surface area contributed by atoms with E-state index in [0.29, 0.717) is 17.8 Å². The minimum atomic E-state index is -1.55. The first-order valence-electron chi connectivity index (χ1n) is 12.6. The molecule has 0 aliphatic heterocycles. The van der Waals surface area contributed by atoms with Gasteiger partial charge in [-0.05, 0) is 97.7 Å². The van der Waals surface area contributed by atoms with Gasteiger partial charge in [0.05, 0.1) is 12.2 Å². The molecule has 10 atom stereocenters. The summed E-state index contributed by atoms with van der Waals surface area (Å²) in [6.07, 6.45) is 2.72. The van der Waals surface area contributed by atoms with E-state index in [1.807, 2.05) is 6.92 Å². The van der Waals surface area contributed by atoms with E-state index in [1.54, 1.807) is 0 Å². The molecule has 0 heterocycles. The molecular formula is C25H40O8. The van der Waals surface area contributed by atoms with Gasteiger partial charge in [0.25, 0.3) is 6.29 Å². The van der Waals surface area contributed by atoms with Gasteiger partial charge in [0.15, 0.2) is 0 Å². The molecule has 4 saturated carbocycles. The Hall–Kier alpha value is -1.54. The van der Waals surface area contributed by atoms with Gasteiger partial charge in [0.1, 0.15) is 0 Å². The van der Waals surface area contributed by atoms with Crippen molar-refractivity contribution >= 4 is 12.3 Å². The van der Waals surface area contributed by atoms with Crippen molar-refractivity contribution < 1.29 is 39.5 Å². The zero-order chi connectivity index (χ0) is 24.1. The second-order valence-corrected chi connectivity index (χ2v) is 11.9. The lowest BCUT2D eigenvalue weighted by molar-refractivity contribution is -0.175. The normalized spacial score (nSPS) is 45.5. The van der Waals surface area contributed by atoms with Crippen LogP contribution < -0.4 is 0 Å². The molecule has 0 spiro atoms. The van der Waals surface area contributed by atoms with Crippen LogP contribution >= 0.6 is 0 Å². The highest BCUT2D eigenvalue weighted by Crippen LogP contribution is 2.68. The lowest BCUT2D eigenvalue weighted by Gasteiger charge is -2.62. The molecular weight excluding hydrogens is 428 g/mol. The van der Waals surface area contributed by atoms with Gasteiger partial charge >= 0.3 is 12.3 Å². The van der Waals surface area contributed by atoms with E-state index in [9.17, 15) is 19.8 Å². The number of rotatable bonds is 5. The van der Waals surface area contributed by atoms with Crippen molar-refractivity contribution in [1.29, 1.82) is 0 Å². The molecule has 0 aromatic heterocycles. The van der Waals surface area contributed by atoms with Crippen molar-refractivity contribution in [1.82, 2.24) is 0 Å². The molecule has 0 saturated heterocycles. The number of carboxylic acid groups (broad SMARTS) is 2. The van der Waals surface area contributed by atoms with Crippen LogP contribution in [0.3, 0.4) is 0 Å². The molecule has 0 aromatic rings. The van der Waals surface area contributed by atoms with Crippen molar-refractivity contribution in [3.8, 4) is 0 Å². The molecule has 4 N–H and O–H groups in total. The molecule has 0 unspecified atom stereocenters. The predicted octanol–water partition coefficient (Wildman–Crippen LogP) is 4.72. The minimum absolute atomic E-state index is 0.00986. The van der Waals surface area contributed by atoms with Crippen molar-refractivity contribution in [2.75, 3.05) is 0 Å². The van der Waals surface area contributed by atoms with Crippen LogP contribution in [0.15, 0.2) is 0 Å². The van der Waals surface area contributed by atoms with Crippen molar-refractivity contribution in [2.24, 2.45) is 46.3 Å². The Kier molecular flexibility index (Phi) is 6.64. The molecule has 0 aromatic carbocycles. The first-order chi connectivity index (χ1) is 15.5. The van der Waals surface area contributed by atoms with Crippen LogP contribution in [0.2, 0.25) is 0 Å². The summed E-state index contributed by atoms with van der Waals surface area (Å²) in [7, 11) is 0. The number of hydrogen-bond acceptors (Lipinski definition) is 6. The topological polar surface area (TPSA) is 134 Å². The Labute approximate surface area is 195 Å². The molecule has 8 nitrogen and oxygen atoms in total. The van der Waals surface area contributed by atoms with Crippen LogP contribution in [-0.4, -0.2) is 51.2 Å². The summed E-state index contributed by atoms with van der Waals surface area (Å²) in [5, 5.41) is 39.5. The van der Waals surface area contributed by atoms with E-state index < -0.39 is 18.6 Å². The Morgan fingerprint density at radius 2 is 1.52 bits per heavy atom. The summed E-state index contributed by atoms with van der Waals surface area (Å²) in [5.74, 6) is 1.78. The summed E-state index contributed by atoms with van der Waals surface area (Å²) in [5.41, 5.74) is 0.180. The number of carbonyl (C=O) groups is 2. The van der Waals surface area contributed by atoms with Crippen molar-refractivity contribution in [2.45, 2.75) is 97.1 Å². The molecule has 4 aliphatic rings. The highest BCUT2D eigenvalue weighted by atomic mass is 16.8. The molecule has 8 heteroatoms. The Morgan fingerprint density at radius 3 is 2.15 bits per heavy atom. The second-order valence-electron chi connectivity index (χ2n) is 11.9. The van der Waals surface area contributed by atoms with Gasteiger partial charge in [-0.25, -0.2) is 9.59 Å². The van der Waals surface area contributed by atoms with E-state index in [2.05, 4.69) is 13.8 Å². The van der Waals surface area contributed by atoms with E-state index in [-0.39, 0.29) is 47.2 Å². The molecule has 0 radical (unpaired) electrons. The van der Waals surface area contributed by atoms with Gasteiger partial charge in [-0.2, -0.15) is 0 Å². The molecule has 4 fully saturated rings. The van der Waals surface area contributed by atoms with Crippen LogP contribution in [0.5, 0.6) is 0 Å². The average molecular weight is 469 g/mol. The maximum absolute atomic E-state index is 11.3. The highest BCUT2D eigenvalue weighted by molar-refractivity contribution is 5.59. The fourth-order valence-electron chi connectivity index (χ4n) is 8.99. The zero-order valence-electron chi connectivity index (χ0n) is 20.0. The van der Waals surface area contributed by atoms with E-state index in [0.717, 1.165) is 51.4 Å². The van der Waals surface area contributed by atoms with Crippen LogP contribution in [0, 0.1) is 46.3 Å². The maximum Gasteiger partial charge on any atom is 0.508 e. The second kappa shape index (κ2) is 8.91. The number of aliphatic hydroxyl groups is 2. The minimum Gasteiger partial charge on any atom is -0.450 e. The predicted molar refractivity (Wildman–Crippen MR) is 118 cm³/mol. The SMILES string of the molecule is C[C@H](CC(OC(=O)O)OC(=O)O)[C@H]1CC[C@H]2[C@@H]3[C@H](O)C[C@H]4C[C@H](O)CC[C@]4(C)[C@H]3CC[C@]12C. The summed E-state index contributed by atoms with van der Waals surface area (Å²) < 4.78 is 9.40. The molecule has 33 heavy (non-hydrogen) atoms. The fourth-order valence-corrected chi connectivity index (χ4v) is 8.99. The summed E-state index contributed by atoms with van der Waals surface area (Å²) in [6, 6.07) is 0. The van der Waals surface area contributed by atoms with Gasteiger partial charge in [-0.3, -0.25) is 0 Å². The van der Waals surface area contributed by atoms with Gasteiger partial charge in [-0.1, -0.05) is 20.8 Å². The zero-order valence-corrected chi connectivity index (χ0v) is 20.0. The quantitative estimate of drug-likeness (QED) is 0.336. The molecule has 0 amide bonds. The Balaban J connectivity index is 1.51. The van der Waals surface area contributed by atoms with Gasteiger partial charge < -0.3 is 29.9 Å². The summed E-state index contributed by atoms with van der Waals surface area (Å²) >= 11 is 0. The van der Waals surface area contributed by atoms with Crippen LogP contribution in [0.4, 0.5) is 9.59 Å². The molecule has 4 rings (SSSR count). The molecule has 0 bridgehead atoms. The third-order valence-corrected chi connectivity index (χ3v) is 10.4. The van der Waals surface area contributed by atoms with Crippen LogP contribution in [-0.2, 0) is 9.47 Å². The van der Waals surface area contributed by atoms with E-state index >= 15 is 0 Å². The smallest absolute Gasteiger partial charge is 0.450 e. The lowest BCUT2D eigenvalue weighted by Crippen LogP contribution is -2.58.